The number of aryl methyl sites for hydroxylation is 2. The fraction of sp³-hybridized carbons (Fsp3) is 0.385. The molecule has 0 atom stereocenters. The van der Waals surface area contributed by atoms with Crippen molar-refractivity contribution in [3.05, 3.63) is 41.7 Å². The lowest BCUT2D eigenvalue weighted by atomic mass is 10.1. The normalized spacial score (nSPS) is 9.87. The van der Waals surface area contributed by atoms with Crippen molar-refractivity contribution in [1.82, 2.24) is 4.90 Å². The first kappa shape index (κ1) is 11.6. The predicted molar refractivity (Wildman–Crippen MR) is 67.0 cm³/mol. The van der Waals surface area contributed by atoms with Gasteiger partial charge in [0.2, 0.25) is 0 Å². The first-order chi connectivity index (χ1) is 7.06. The number of para-hydroxylation sites is 1. The molecule has 1 N–H and O–H groups in total. The fourth-order valence-electron chi connectivity index (χ4n) is 1.44. The average molecular weight is 204 g/mol. The Balaban J connectivity index is 2.85. The molecule has 82 valence electrons. The largest absolute Gasteiger partial charge is 0.362 e. The molecule has 1 aromatic rings. The molecule has 1 rings (SSSR count). The number of benzene rings is 1. The summed E-state index contributed by atoms with van der Waals surface area (Å²) in [5.41, 5.74) is 3.67. The maximum atomic E-state index is 4.02. The van der Waals surface area contributed by atoms with Gasteiger partial charge >= 0.3 is 0 Å². The lowest BCUT2D eigenvalue weighted by Crippen LogP contribution is -2.22. The van der Waals surface area contributed by atoms with Crippen LogP contribution in [-0.2, 0) is 0 Å². The second-order valence-corrected chi connectivity index (χ2v) is 3.85. The SMILES string of the molecule is C=C(Nc1c(C)cccc1C)N(C)CC. The molecule has 2 heteroatoms. The summed E-state index contributed by atoms with van der Waals surface area (Å²) >= 11 is 0. The number of anilines is 1. The number of hydrogen-bond donors (Lipinski definition) is 1. The summed E-state index contributed by atoms with van der Waals surface area (Å²) in [6.45, 7) is 11.3. The zero-order valence-corrected chi connectivity index (χ0v) is 10.1. The minimum Gasteiger partial charge on any atom is -0.362 e. The monoisotopic (exact) mass is 204 g/mol. The predicted octanol–water partition coefficient (Wildman–Crippen LogP) is 3.14. The summed E-state index contributed by atoms with van der Waals surface area (Å²) in [5.74, 6) is 0.940. The van der Waals surface area contributed by atoms with Crippen LogP contribution < -0.4 is 5.32 Å². The van der Waals surface area contributed by atoms with Crippen molar-refractivity contribution in [3.63, 3.8) is 0 Å². The van der Waals surface area contributed by atoms with E-state index in [1.807, 2.05) is 7.05 Å². The Kier molecular flexibility index (Phi) is 3.78. The van der Waals surface area contributed by atoms with Gasteiger partial charge < -0.3 is 10.2 Å². The Bertz CT molecular complexity index is 335. The second kappa shape index (κ2) is 4.87. The molecule has 0 bridgehead atoms. The van der Waals surface area contributed by atoms with Crippen molar-refractivity contribution in [3.8, 4) is 0 Å². The Morgan fingerprint density at radius 1 is 1.33 bits per heavy atom. The molecule has 1 aromatic carbocycles. The molecular formula is C13H20N2. The molecule has 0 amide bonds. The number of nitrogens with one attached hydrogen (secondary N) is 1. The van der Waals surface area contributed by atoms with Crippen LogP contribution in [0.2, 0.25) is 0 Å². The maximum Gasteiger partial charge on any atom is 0.0980 e. The van der Waals surface area contributed by atoms with Crippen LogP contribution >= 0.6 is 0 Å². The van der Waals surface area contributed by atoms with Crippen molar-refractivity contribution in [2.75, 3.05) is 18.9 Å². The van der Waals surface area contributed by atoms with E-state index in [1.54, 1.807) is 0 Å². The third-order valence-corrected chi connectivity index (χ3v) is 2.69. The van der Waals surface area contributed by atoms with Gasteiger partial charge in [0.25, 0.3) is 0 Å². The number of hydrogen-bond acceptors (Lipinski definition) is 2. The van der Waals surface area contributed by atoms with Gasteiger partial charge in [-0.2, -0.15) is 0 Å². The first-order valence-electron chi connectivity index (χ1n) is 5.29. The highest BCUT2D eigenvalue weighted by atomic mass is 15.2. The topological polar surface area (TPSA) is 15.3 Å². The summed E-state index contributed by atoms with van der Waals surface area (Å²) in [7, 11) is 2.03. The smallest absolute Gasteiger partial charge is 0.0980 e. The van der Waals surface area contributed by atoms with Crippen LogP contribution in [0.15, 0.2) is 30.6 Å². The quantitative estimate of drug-likeness (QED) is 0.810. The number of rotatable bonds is 4. The molecular weight excluding hydrogens is 184 g/mol. The van der Waals surface area contributed by atoms with Crippen LogP contribution in [0.4, 0.5) is 5.69 Å². The van der Waals surface area contributed by atoms with Gasteiger partial charge in [0, 0.05) is 19.3 Å². The molecule has 2 nitrogen and oxygen atoms in total. The van der Waals surface area contributed by atoms with E-state index in [4.69, 9.17) is 0 Å². The van der Waals surface area contributed by atoms with E-state index in [0.717, 1.165) is 12.4 Å². The van der Waals surface area contributed by atoms with Crippen molar-refractivity contribution in [2.24, 2.45) is 0 Å². The van der Waals surface area contributed by atoms with Crippen molar-refractivity contribution in [1.29, 1.82) is 0 Å². The van der Waals surface area contributed by atoms with Crippen LogP contribution in [0.3, 0.4) is 0 Å². The summed E-state index contributed by atoms with van der Waals surface area (Å²) in [5, 5.41) is 3.36. The molecule has 0 spiro atoms. The standard InChI is InChI=1S/C13H20N2/c1-6-15(5)12(4)14-13-10(2)8-7-9-11(13)3/h7-9,14H,4,6H2,1-3,5H3. The lowest BCUT2D eigenvalue weighted by Gasteiger charge is -2.22. The summed E-state index contributed by atoms with van der Waals surface area (Å²) in [6, 6.07) is 6.28. The molecule has 0 saturated carbocycles. The van der Waals surface area contributed by atoms with Crippen LogP contribution in [0.1, 0.15) is 18.1 Å². The van der Waals surface area contributed by atoms with E-state index in [2.05, 4.69) is 55.8 Å². The summed E-state index contributed by atoms with van der Waals surface area (Å²) in [6.07, 6.45) is 0. The van der Waals surface area contributed by atoms with Gasteiger partial charge in [0.15, 0.2) is 0 Å². The van der Waals surface area contributed by atoms with Crippen LogP contribution in [0.25, 0.3) is 0 Å². The molecule has 0 aromatic heterocycles. The minimum atomic E-state index is 0.940. The Labute approximate surface area is 92.6 Å². The Morgan fingerprint density at radius 3 is 2.33 bits per heavy atom. The number of nitrogens with zero attached hydrogens (tertiary/aromatic N) is 1. The molecule has 0 aliphatic rings. The van der Waals surface area contributed by atoms with Crippen molar-refractivity contribution in [2.45, 2.75) is 20.8 Å². The van der Waals surface area contributed by atoms with Crippen molar-refractivity contribution < 1.29 is 0 Å². The van der Waals surface area contributed by atoms with E-state index in [0.29, 0.717) is 0 Å². The molecule has 0 heterocycles. The lowest BCUT2D eigenvalue weighted by molar-refractivity contribution is 0.449. The second-order valence-electron chi connectivity index (χ2n) is 3.85. The summed E-state index contributed by atoms with van der Waals surface area (Å²) in [4.78, 5) is 2.09. The van der Waals surface area contributed by atoms with Gasteiger partial charge in [-0.05, 0) is 31.9 Å². The van der Waals surface area contributed by atoms with Crippen molar-refractivity contribution >= 4 is 5.69 Å². The summed E-state index contributed by atoms with van der Waals surface area (Å²) < 4.78 is 0. The zero-order chi connectivity index (χ0) is 11.4. The minimum absolute atomic E-state index is 0.940. The molecule has 0 aliphatic heterocycles. The zero-order valence-electron chi connectivity index (χ0n) is 10.1. The van der Waals surface area contributed by atoms with Gasteiger partial charge in [0.05, 0.1) is 5.82 Å². The first-order valence-corrected chi connectivity index (χ1v) is 5.29. The highest BCUT2D eigenvalue weighted by molar-refractivity contribution is 5.59. The molecule has 0 saturated heterocycles. The highest BCUT2D eigenvalue weighted by Crippen LogP contribution is 2.21. The Morgan fingerprint density at radius 2 is 1.87 bits per heavy atom. The van der Waals surface area contributed by atoms with Gasteiger partial charge in [-0.15, -0.1) is 0 Å². The maximum absolute atomic E-state index is 4.02. The van der Waals surface area contributed by atoms with E-state index >= 15 is 0 Å². The van der Waals surface area contributed by atoms with Crippen LogP contribution in [0, 0.1) is 13.8 Å². The van der Waals surface area contributed by atoms with Gasteiger partial charge in [-0.3, -0.25) is 0 Å². The molecule has 0 radical (unpaired) electrons. The highest BCUT2D eigenvalue weighted by Gasteiger charge is 2.04. The van der Waals surface area contributed by atoms with Gasteiger partial charge in [0.1, 0.15) is 0 Å². The molecule has 0 fully saturated rings. The fourth-order valence-corrected chi connectivity index (χ4v) is 1.44. The van der Waals surface area contributed by atoms with E-state index in [9.17, 15) is 0 Å². The van der Waals surface area contributed by atoms with E-state index in [-0.39, 0.29) is 0 Å². The van der Waals surface area contributed by atoms with E-state index in [1.165, 1.54) is 16.8 Å². The molecule has 15 heavy (non-hydrogen) atoms. The third kappa shape index (κ3) is 2.75. The van der Waals surface area contributed by atoms with Gasteiger partial charge in [-0.1, -0.05) is 24.8 Å². The van der Waals surface area contributed by atoms with Gasteiger partial charge in [-0.25, -0.2) is 0 Å². The van der Waals surface area contributed by atoms with Crippen LogP contribution in [-0.4, -0.2) is 18.5 Å². The average Bonchev–Trinajstić information content (AvgIpc) is 2.22. The van der Waals surface area contributed by atoms with E-state index < -0.39 is 0 Å². The van der Waals surface area contributed by atoms with Crippen LogP contribution in [0.5, 0.6) is 0 Å². The molecule has 0 unspecified atom stereocenters. The third-order valence-electron chi connectivity index (χ3n) is 2.69. The Hall–Kier alpha value is -1.44. The molecule has 0 aliphatic carbocycles.